The van der Waals surface area contributed by atoms with Gasteiger partial charge >= 0.3 is 6.18 Å². The molecule has 0 amide bonds. The van der Waals surface area contributed by atoms with E-state index < -0.39 is 29.3 Å². The Kier molecular flexibility index (Phi) is 4.55. The molecule has 2 rings (SSSR count). The Morgan fingerprint density at radius 1 is 1.25 bits per heavy atom. The number of hydrogen-bond donors (Lipinski definition) is 2. The second kappa shape index (κ2) is 5.87. The van der Waals surface area contributed by atoms with Crippen molar-refractivity contribution in [1.29, 1.82) is 0 Å². The fraction of sp³-hybridized carbons (Fsp3) is 0.500. The maximum absolute atomic E-state index is 13.4. The van der Waals surface area contributed by atoms with E-state index in [1.165, 1.54) is 4.90 Å². The summed E-state index contributed by atoms with van der Waals surface area (Å²) in [5, 5.41) is 12.8. The zero-order chi connectivity index (χ0) is 14.9. The normalized spacial score (nSPS) is 19.1. The van der Waals surface area contributed by atoms with Crippen LogP contribution in [0.1, 0.15) is 11.6 Å². The molecule has 0 bridgehead atoms. The van der Waals surface area contributed by atoms with Crippen LogP contribution in [0.2, 0.25) is 0 Å². The van der Waals surface area contributed by atoms with E-state index in [9.17, 15) is 22.7 Å². The van der Waals surface area contributed by atoms with Crippen molar-refractivity contribution in [2.45, 2.75) is 12.2 Å². The number of piperazine rings is 1. The standard InChI is InChI=1S/C12H13BrF4N2O/c13-9-6-7(14)5-8(10(9)20)11(12(15,16)17)19-3-1-18-2-4-19/h5-6,11,18,20H,1-4H2/t11-/m1/s1. The number of aromatic hydroxyl groups is 1. The molecule has 1 aliphatic rings. The lowest BCUT2D eigenvalue weighted by molar-refractivity contribution is -0.188. The minimum Gasteiger partial charge on any atom is -0.506 e. The Hall–Kier alpha value is -0.860. The highest BCUT2D eigenvalue weighted by atomic mass is 79.9. The second-order valence-electron chi connectivity index (χ2n) is 4.56. The molecule has 1 atom stereocenters. The summed E-state index contributed by atoms with van der Waals surface area (Å²) in [5.74, 6) is -1.40. The van der Waals surface area contributed by atoms with Crippen LogP contribution in [0.4, 0.5) is 17.6 Å². The van der Waals surface area contributed by atoms with Crippen LogP contribution in [0.5, 0.6) is 5.75 Å². The summed E-state index contributed by atoms with van der Waals surface area (Å²) in [7, 11) is 0. The average molecular weight is 357 g/mol. The van der Waals surface area contributed by atoms with Crippen LogP contribution >= 0.6 is 15.9 Å². The zero-order valence-electron chi connectivity index (χ0n) is 10.3. The molecule has 1 aromatic rings. The Bertz CT molecular complexity index is 489. The number of halogens is 5. The maximum Gasteiger partial charge on any atom is 0.408 e. The molecule has 1 heterocycles. The van der Waals surface area contributed by atoms with E-state index in [2.05, 4.69) is 21.2 Å². The lowest BCUT2D eigenvalue weighted by Gasteiger charge is -2.36. The summed E-state index contributed by atoms with van der Waals surface area (Å²) in [6.45, 7) is 1.20. The van der Waals surface area contributed by atoms with Crippen molar-refractivity contribution in [2.24, 2.45) is 0 Å². The van der Waals surface area contributed by atoms with Gasteiger partial charge in [-0.25, -0.2) is 4.39 Å². The molecule has 8 heteroatoms. The highest BCUT2D eigenvalue weighted by molar-refractivity contribution is 9.10. The molecule has 0 saturated carbocycles. The first-order valence-electron chi connectivity index (χ1n) is 6.00. The van der Waals surface area contributed by atoms with E-state index >= 15 is 0 Å². The fourth-order valence-electron chi connectivity index (χ4n) is 2.31. The van der Waals surface area contributed by atoms with Gasteiger partial charge in [0.1, 0.15) is 17.6 Å². The van der Waals surface area contributed by atoms with Gasteiger partial charge in [-0.2, -0.15) is 13.2 Å². The summed E-state index contributed by atoms with van der Waals surface area (Å²) in [4.78, 5) is 1.19. The van der Waals surface area contributed by atoms with Gasteiger partial charge in [0.05, 0.1) is 4.47 Å². The Morgan fingerprint density at radius 2 is 1.85 bits per heavy atom. The third-order valence-corrected chi connectivity index (χ3v) is 3.78. The molecule has 0 spiro atoms. The van der Waals surface area contributed by atoms with E-state index in [-0.39, 0.29) is 17.6 Å². The molecule has 2 N–H and O–H groups in total. The van der Waals surface area contributed by atoms with E-state index in [4.69, 9.17) is 0 Å². The molecule has 20 heavy (non-hydrogen) atoms. The first kappa shape index (κ1) is 15.5. The van der Waals surface area contributed by atoms with Crippen molar-refractivity contribution in [3.8, 4) is 5.75 Å². The first-order chi connectivity index (χ1) is 9.30. The van der Waals surface area contributed by atoms with Crippen molar-refractivity contribution in [3.63, 3.8) is 0 Å². The molecule has 112 valence electrons. The first-order valence-corrected chi connectivity index (χ1v) is 6.79. The predicted molar refractivity (Wildman–Crippen MR) is 69.0 cm³/mol. The number of hydrogen-bond acceptors (Lipinski definition) is 3. The predicted octanol–water partition coefficient (Wildman–Crippen LogP) is 2.80. The summed E-state index contributed by atoms with van der Waals surface area (Å²) >= 11 is 2.87. The molecular formula is C12H13BrF4N2O. The Labute approximate surface area is 121 Å². The molecule has 1 aromatic carbocycles. The number of alkyl halides is 3. The number of phenols is 1. The maximum atomic E-state index is 13.4. The number of nitrogens with zero attached hydrogens (tertiary/aromatic N) is 1. The van der Waals surface area contributed by atoms with Gasteiger partial charge in [-0.15, -0.1) is 0 Å². The third-order valence-electron chi connectivity index (χ3n) is 3.18. The van der Waals surface area contributed by atoms with Crippen LogP contribution in [0.3, 0.4) is 0 Å². The molecule has 0 radical (unpaired) electrons. The van der Waals surface area contributed by atoms with Gasteiger partial charge in [-0.3, -0.25) is 4.90 Å². The molecule has 0 aromatic heterocycles. The molecule has 0 aliphatic carbocycles. The van der Waals surface area contributed by atoms with E-state index in [0.29, 0.717) is 13.1 Å². The molecule has 1 fully saturated rings. The third kappa shape index (κ3) is 3.24. The minimum atomic E-state index is -4.60. The SMILES string of the molecule is Oc1c(Br)cc(F)cc1[C@@H](N1CCNCC1)C(F)(F)F. The van der Waals surface area contributed by atoms with E-state index in [1.54, 1.807) is 0 Å². The van der Waals surface area contributed by atoms with Crippen molar-refractivity contribution in [2.75, 3.05) is 26.2 Å². The molecule has 0 unspecified atom stereocenters. The van der Waals surface area contributed by atoms with Crippen molar-refractivity contribution < 1.29 is 22.7 Å². The Balaban J connectivity index is 2.46. The minimum absolute atomic E-state index is 0.0862. The molecule has 1 aliphatic heterocycles. The summed E-state index contributed by atoms with van der Waals surface area (Å²) in [6.07, 6.45) is -4.60. The van der Waals surface area contributed by atoms with Gasteiger partial charge in [-0.05, 0) is 28.1 Å². The van der Waals surface area contributed by atoms with Crippen LogP contribution in [-0.2, 0) is 0 Å². The van der Waals surface area contributed by atoms with Gasteiger partial charge < -0.3 is 10.4 Å². The van der Waals surface area contributed by atoms with Crippen LogP contribution < -0.4 is 5.32 Å². The average Bonchev–Trinajstić information content (AvgIpc) is 2.35. The summed E-state index contributed by atoms with van der Waals surface area (Å²) in [6, 6.07) is -0.346. The molecular weight excluding hydrogens is 344 g/mol. The zero-order valence-corrected chi connectivity index (χ0v) is 11.9. The van der Waals surface area contributed by atoms with Crippen molar-refractivity contribution >= 4 is 15.9 Å². The van der Waals surface area contributed by atoms with Gasteiger partial charge in [0.25, 0.3) is 0 Å². The van der Waals surface area contributed by atoms with E-state index in [0.717, 1.165) is 12.1 Å². The summed E-state index contributed by atoms with van der Waals surface area (Å²) in [5.41, 5.74) is -0.466. The Morgan fingerprint density at radius 3 is 2.40 bits per heavy atom. The van der Waals surface area contributed by atoms with Crippen LogP contribution in [0.25, 0.3) is 0 Å². The monoisotopic (exact) mass is 356 g/mol. The number of nitrogens with one attached hydrogen (secondary N) is 1. The van der Waals surface area contributed by atoms with Crippen molar-refractivity contribution in [1.82, 2.24) is 10.2 Å². The van der Waals surface area contributed by atoms with Gasteiger partial charge in [0, 0.05) is 31.7 Å². The topological polar surface area (TPSA) is 35.5 Å². The lowest BCUT2D eigenvalue weighted by atomic mass is 10.0. The highest BCUT2D eigenvalue weighted by Crippen LogP contribution is 2.43. The number of phenolic OH excluding ortho intramolecular Hbond substituents is 1. The quantitative estimate of drug-likeness (QED) is 0.800. The van der Waals surface area contributed by atoms with Crippen LogP contribution in [-0.4, -0.2) is 42.4 Å². The lowest BCUT2D eigenvalue weighted by Crippen LogP contribution is -2.49. The number of benzene rings is 1. The summed E-state index contributed by atoms with van der Waals surface area (Å²) < 4.78 is 53.3. The van der Waals surface area contributed by atoms with Gasteiger partial charge in [-0.1, -0.05) is 0 Å². The fourth-order valence-corrected chi connectivity index (χ4v) is 2.76. The van der Waals surface area contributed by atoms with Crippen LogP contribution in [0.15, 0.2) is 16.6 Å². The second-order valence-corrected chi connectivity index (χ2v) is 5.41. The van der Waals surface area contributed by atoms with Gasteiger partial charge in [0.15, 0.2) is 0 Å². The van der Waals surface area contributed by atoms with Gasteiger partial charge in [0.2, 0.25) is 0 Å². The number of rotatable bonds is 2. The highest BCUT2D eigenvalue weighted by Gasteiger charge is 2.46. The van der Waals surface area contributed by atoms with Crippen LogP contribution in [0, 0.1) is 5.82 Å². The molecule has 3 nitrogen and oxygen atoms in total. The largest absolute Gasteiger partial charge is 0.506 e. The smallest absolute Gasteiger partial charge is 0.408 e. The van der Waals surface area contributed by atoms with E-state index in [1.807, 2.05) is 0 Å². The van der Waals surface area contributed by atoms with Crippen molar-refractivity contribution in [3.05, 3.63) is 28.0 Å². The molecule has 1 saturated heterocycles.